The molecule has 0 radical (unpaired) electrons. The maximum absolute atomic E-state index is 12.6. The molecule has 1 aliphatic rings. The first kappa shape index (κ1) is 7.25. The van der Waals surface area contributed by atoms with Gasteiger partial charge in [0.2, 0.25) is 0 Å². The van der Waals surface area contributed by atoms with Crippen LogP contribution in [-0.2, 0) is 0 Å². The van der Waals surface area contributed by atoms with Crippen molar-refractivity contribution in [1.29, 1.82) is 0 Å². The lowest BCUT2D eigenvalue weighted by atomic mass is 10.1. The molecule has 0 aliphatic carbocycles. The molecule has 0 nitrogen and oxygen atoms in total. The van der Waals surface area contributed by atoms with Gasteiger partial charge in [0.15, 0.2) is 16.7 Å². The van der Waals surface area contributed by atoms with E-state index in [-0.39, 0.29) is 6.42 Å². The van der Waals surface area contributed by atoms with Crippen molar-refractivity contribution in [2.45, 2.75) is 30.0 Å². The normalized spacial score (nSPS) is 52.0. The molecule has 54 valence electrons. The van der Waals surface area contributed by atoms with Crippen molar-refractivity contribution in [2.75, 3.05) is 0 Å². The molecule has 0 aromatic heterocycles. The van der Waals surface area contributed by atoms with Crippen LogP contribution < -0.4 is 0 Å². The molecule has 0 spiro atoms. The van der Waals surface area contributed by atoms with Crippen LogP contribution >= 0.6 is 11.8 Å². The first-order chi connectivity index (χ1) is 4.02. The highest BCUT2D eigenvalue weighted by Gasteiger charge is 2.46. The second-order valence-corrected chi connectivity index (χ2v) is 3.54. The summed E-state index contributed by atoms with van der Waals surface area (Å²) in [6, 6.07) is 0. The molecule has 1 fully saturated rings. The molecular formula is C5H7F3S. The molecule has 3 atom stereocenters. The van der Waals surface area contributed by atoms with Crippen molar-refractivity contribution < 1.29 is 13.2 Å². The molecule has 0 amide bonds. The van der Waals surface area contributed by atoms with Crippen LogP contribution in [-0.4, -0.2) is 16.7 Å². The summed E-state index contributed by atoms with van der Waals surface area (Å²) in [5.74, 6) is 0. The third kappa shape index (κ3) is 1.34. The van der Waals surface area contributed by atoms with Crippen LogP contribution in [0.25, 0.3) is 0 Å². The fourth-order valence-corrected chi connectivity index (χ4v) is 1.79. The molecular weight excluding hydrogens is 149 g/mol. The molecule has 0 aromatic rings. The minimum atomic E-state index is -1.95. The van der Waals surface area contributed by atoms with E-state index in [2.05, 4.69) is 0 Å². The van der Waals surface area contributed by atoms with E-state index >= 15 is 0 Å². The molecule has 3 unspecified atom stereocenters. The first-order valence-electron chi connectivity index (χ1n) is 2.65. The monoisotopic (exact) mass is 156 g/mol. The van der Waals surface area contributed by atoms with Crippen LogP contribution in [0.15, 0.2) is 0 Å². The molecule has 4 heteroatoms. The van der Waals surface area contributed by atoms with Crippen molar-refractivity contribution in [1.82, 2.24) is 0 Å². The molecule has 1 saturated heterocycles. The molecule has 1 rings (SSSR count). The molecule has 0 saturated carbocycles. The third-order valence-electron chi connectivity index (χ3n) is 1.30. The van der Waals surface area contributed by atoms with Crippen LogP contribution in [0.1, 0.15) is 13.3 Å². The van der Waals surface area contributed by atoms with Gasteiger partial charge in [-0.3, -0.25) is 0 Å². The van der Waals surface area contributed by atoms with Crippen molar-refractivity contribution in [3.8, 4) is 0 Å². The summed E-state index contributed by atoms with van der Waals surface area (Å²) in [6.07, 6.45) is -0.321. The molecule has 1 heterocycles. The predicted molar refractivity (Wildman–Crippen MR) is 31.5 cm³/mol. The van der Waals surface area contributed by atoms with Gasteiger partial charge in [-0.1, -0.05) is 11.8 Å². The number of thioether (sulfide) groups is 1. The highest BCUT2D eigenvalue weighted by molar-refractivity contribution is 8.00. The van der Waals surface area contributed by atoms with Gasteiger partial charge in [-0.2, -0.15) is 0 Å². The van der Waals surface area contributed by atoms with Crippen LogP contribution in [0, 0.1) is 0 Å². The minimum Gasteiger partial charge on any atom is -0.240 e. The summed E-state index contributed by atoms with van der Waals surface area (Å²) in [5.41, 5.74) is -5.01. The van der Waals surface area contributed by atoms with Gasteiger partial charge in [-0.05, 0) is 6.92 Å². The summed E-state index contributed by atoms with van der Waals surface area (Å²) >= 11 is 0.419. The Hall–Kier alpha value is 0.140. The molecule has 0 bridgehead atoms. The largest absolute Gasteiger partial charge is 0.240 e. The van der Waals surface area contributed by atoms with Gasteiger partial charge in [-0.15, -0.1) is 0 Å². The van der Waals surface area contributed by atoms with Gasteiger partial charge < -0.3 is 0 Å². The highest BCUT2D eigenvalue weighted by atomic mass is 32.2. The average Bonchev–Trinajstić information content (AvgIpc) is 1.79. The van der Waals surface area contributed by atoms with E-state index in [9.17, 15) is 13.2 Å². The maximum atomic E-state index is 12.6. The Balaban J connectivity index is 2.58. The lowest BCUT2D eigenvalue weighted by Crippen LogP contribution is -2.23. The average molecular weight is 156 g/mol. The summed E-state index contributed by atoms with van der Waals surface area (Å²) in [6.45, 7) is 1.09. The van der Waals surface area contributed by atoms with Crippen LogP contribution in [0.5, 0.6) is 0 Å². The Labute approximate surface area is 55.8 Å². The fraction of sp³-hybridized carbons (Fsp3) is 1.00. The van der Waals surface area contributed by atoms with E-state index in [4.69, 9.17) is 0 Å². The molecule has 0 aromatic carbocycles. The summed E-state index contributed by atoms with van der Waals surface area (Å²) in [5, 5.41) is 0. The van der Waals surface area contributed by atoms with Gasteiger partial charge in [0, 0.05) is 6.42 Å². The van der Waals surface area contributed by atoms with Gasteiger partial charge in [0.25, 0.3) is 0 Å². The number of halogens is 3. The van der Waals surface area contributed by atoms with Crippen molar-refractivity contribution in [3.05, 3.63) is 0 Å². The van der Waals surface area contributed by atoms with E-state index in [0.717, 1.165) is 6.92 Å². The second-order valence-electron chi connectivity index (χ2n) is 2.34. The van der Waals surface area contributed by atoms with Crippen molar-refractivity contribution in [3.63, 3.8) is 0 Å². The van der Waals surface area contributed by atoms with E-state index in [1.165, 1.54) is 0 Å². The SMILES string of the molecule is CC1(F)CC(F)SC1F. The minimum absolute atomic E-state index is 0.321. The van der Waals surface area contributed by atoms with E-state index < -0.39 is 16.7 Å². The Bertz CT molecular complexity index is 115. The van der Waals surface area contributed by atoms with Crippen LogP contribution in [0.3, 0.4) is 0 Å². The molecule has 9 heavy (non-hydrogen) atoms. The smallest absolute Gasteiger partial charge is 0.182 e. The van der Waals surface area contributed by atoms with Gasteiger partial charge in [0.1, 0.15) is 0 Å². The second kappa shape index (κ2) is 2.08. The highest BCUT2D eigenvalue weighted by Crippen LogP contribution is 2.44. The maximum Gasteiger partial charge on any atom is 0.182 e. The Kier molecular flexibility index (Phi) is 1.67. The zero-order valence-electron chi connectivity index (χ0n) is 4.90. The Morgan fingerprint density at radius 2 is 2.11 bits per heavy atom. The Morgan fingerprint density at radius 3 is 2.22 bits per heavy atom. The molecule has 0 N–H and O–H groups in total. The van der Waals surface area contributed by atoms with Gasteiger partial charge in [0.05, 0.1) is 0 Å². The number of rotatable bonds is 0. The lowest BCUT2D eigenvalue weighted by Gasteiger charge is -2.12. The topological polar surface area (TPSA) is 0 Å². The Morgan fingerprint density at radius 1 is 1.56 bits per heavy atom. The van der Waals surface area contributed by atoms with E-state index in [1.54, 1.807) is 0 Å². The first-order valence-corrected chi connectivity index (χ1v) is 3.59. The van der Waals surface area contributed by atoms with Gasteiger partial charge in [-0.25, -0.2) is 13.2 Å². The third-order valence-corrected chi connectivity index (χ3v) is 2.49. The number of hydrogen-bond acceptors (Lipinski definition) is 1. The molecule has 1 aliphatic heterocycles. The zero-order valence-corrected chi connectivity index (χ0v) is 5.72. The van der Waals surface area contributed by atoms with E-state index in [0.29, 0.717) is 11.8 Å². The number of hydrogen-bond donors (Lipinski definition) is 0. The quantitative estimate of drug-likeness (QED) is 0.519. The standard InChI is InChI=1S/C5H7F3S/c1-5(8)2-3(6)9-4(5)7/h3-4H,2H2,1H3. The summed E-state index contributed by atoms with van der Waals surface area (Å²) < 4.78 is 37.1. The van der Waals surface area contributed by atoms with Crippen molar-refractivity contribution >= 4 is 11.8 Å². The summed E-state index contributed by atoms with van der Waals surface area (Å²) in [7, 11) is 0. The summed E-state index contributed by atoms with van der Waals surface area (Å²) in [4.78, 5) is 0. The van der Waals surface area contributed by atoms with Crippen LogP contribution in [0.4, 0.5) is 13.2 Å². The fourth-order valence-electron chi connectivity index (χ4n) is 0.726. The number of alkyl halides is 3. The van der Waals surface area contributed by atoms with Gasteiger partial charge >= 0.3 is 0 Å². The zero-order chi connectivity index (χ0) is 7.07. The van der Waals surface area contributed by atoms with E-state index in [1.807, 2.05) is 0 Å². The van der Waals surface area contributed by atoms with Crippen LogP contribution in [0.2, 0.25) is 0 Å². The lowest BCUT2D eigenvalue weighted by molar-refractivity contribution is 0.113. The van der Waals surface area contributed by atoms with Crippen molar-refractivity contribution in [2.24, 2.45) is 0 Å². The predicted octanol–water partition coefficient (Wildman–Crippen LogP) is 2.44.